The Hall–Kier alpha value is -0.780. The molecular weight excluding hydrogens is 238 g/mol. The van der Waals surface area contributed by atoms with Crippen LogP contribution in [-0.4, -0.2) is 16.0 Å². The third-order valence-electron chi connectivity index (χ3n) is 2.08. The van der Waals surface area contributed by atoms with Crippen LogP contribution in [0.3, 0.4) is 0 Å². The molecule has 0 unspecified atom stereocenters. The predicted molar refractivity (Wildman–Crippen MR) is 69.9 cm³/mol. The Kier molecular flexibility index (Phi) is 3.68. The molecule has 0 atom stereocenters. The van der Waals surface area contributed by atoms with Crippen LogP contribution in [0.2, 0.25) is 0 Å². The number of hydrogen-bond donors (Lipinski definition) is 1. The van der Waals surface area contributed by atoms with Crippen molar-refractivity contribution in [3.8, 4) is 10.7 Å². The van der Waals surface area contributed by atoms with E-state index in [2.05, 4.69) is 34.5 Å². The molecule has 0 saturated heterocycles. The van der Waals surface area contributed by atoms with Crippen molar-refractivity contribution in [2.75, 3.05) is 0 Å². The molecule has 0 aromatic carbocycles. The second kappa shape index (κ2) is 5.03. The number of rotatable bonds is 4. The summed E-state index contributed by atoms with van der Waals surface area (Å²) in [5.74, 6) is 0. The standard InChI is InChI=1S/C11H15N3S2/c1-7(2)12-4-9-5-13-11(16-9)10-6-15-8(3)14-10/h5-7,12H,4H2,1-3H3. The molecule has 2 rings (SSSR count). The number of hydrogen-bond acceptors (Lipinski definition) is 5. The van der Waals surface area contributed by atoms with E-state index in [4.69, 9.17) is 0 Å². The van der Waals surface area contributed by atoms with Crippen LogP contribution in [0.4, 0.5) is 0 Å². The zero-order valence-electron chi connectivity index (χ0n) is 9.65. The third-order valence-corrected chi connectivity index (χ3v) is 3.87. The normalized spacial score (nSPS) is 11.2. The Morgan fingerprint density at radius 3 is 2.88 bits per heavy atom. The molecule has 0 amide bonds. The summed E-state index contributed by atoms with van der Waals surface area (Å²) in [6.45, 7) is 7.19. The van der Waals surface area contributed by atoms with Crippen LogP contribution in [-0.2, 0) is 6.54 Å². The van der Waals surface area contributed by atoms with Crippen molar-refractivity contribution in [2.45, 2.75) is 33.4 Å². The van der Waals surface area contributed by atoms with Crippen LogP contribution in [0.1, 0.15) is 23.7 Å². The van der Waals surface area contributed by atoms with E-state index in [1.54, 1.807) is 22.7 Å². The lowest BCUT2D eigenvalue weighted by molar-refractivity contribution is 0.593. The van der Waals surface area contributed by atoms with Gasteiger partial charge in [-0.1, -0.05) is 13.8 Å². The average Bonchev–Trinajstić information content (AvgIpc) is 2.83. The minimum absolute atomic E-state index is 0.507. The molecule has 0 spiro atoms. The lowest BCUT2D eigenvalue weighted by Gasteiger charge is -2.04. The summed E-state index contributed by atoms with van der Waals surface area (Å²) in [5.41, 5.74) is 1.00. The third kappa shape index (κ3) is 2.87. The molecule has 86 valence electrons. The SMILES string of the molecule is Cc1nc(-c2ncc(CNC(C)C)s2)cs1. The van der Waals surface area contributed by atoms with Gasteiger partial charge in [-0.25, -0.2) is 9.97 Å². The molecule has 0 saturated carbocycles. The Balaban J connectivity index is 2.07. The fourth-order valence-electron chi connectivity index (χ4n) is 1.27. The van der Waals surface area contributed by atoms with Crippen LogP contribution >= 0.6 is 22.7 Å². The highest BCUT2D eigenvalue weighted by atomic mass is 32.1. The number of aryl methyl sites for hydroxylation is 1. The van der Waals surface area contributed by atoms with Gasteiger partial charge in [0.1, 0.15) is 10.7 Å². The molecule has 1 N–H and O–H groups in total. The van der Waals surface area contributed by atoms with E-state index in [0.717, 1.165) is 22.3 Å². The van der Waals surface area contributed by atoms with Gasteiger partial charge in [-0.2, -0.15) is 0 Å². The van der Waals surface area contributed by atoms with E-state index in [1.807, 2.05) is 13.1 Å². The van der Waals surface area contributed by atoms with Gasteiger partial charge in [-0.3, -0.25) is 0 Å². The van der Waals surface area contributed by atoms with Gasteiger partial charge < -0.3 is 5.32 Å². The largest absolute Gasteiger partial charge is 0.310 e. The fourth-order valence-corrected chi connectivity index (χ4v) is 2.77. The summed E-state index contributed by atoms with van der Waals surface area (Å²) in [7, 11) is 0. The van der Waals surface area contributed by atoms with Gasteiger partial charge in [0.25, 0.3) is 0 Å². The maximum absolute atomic E-state index is 4.44. The first-order valence-corrected chi connectivity index (χ1v) is 6.95. The Bertz CT molecular complexity index is 459. The van der Waals surface area contributed by atoms with Crippen molar-refractivity contribution in [2.24, 2.45) is 0 Å². The second-order valence-electron chi connectivity index (χ2n) is 3.92. The van der Waals surface area contributed by atoms with E-state index in [9.17, 15) is 0 Å². The molecule has 0 aliphatic rings. The van der Waals surface area contributed by atoms with Gasteiger partial charge in [-0.05, 0) is 6.92 Å². The quantitative estimate of drug-likeness (QED) is 0.910. The smallest absolute Gasteiger partial charge is 0.142 e. The van der Waals surface area contributed by atoms with E-state index in [1.165, 1.54) is 4.88 Å². The summed E-state index contributed by atoms with van der Waals surface area (Å²) in [5, 5.41) is 7.56. The second-order valence-corrected chi connectivity index (χ2v) is 6.10. The van der Waals surface area contributed by atoms with Gasteiger partial charge in [0.05, 0.1) is 5.01 Å². The fraction of sp³-hybridized carbons (Fsp3) is 0.455. The zero-order valence-corrected chi connectivity index (χ0v) is 11.3. The number of thiazole rings is 2. The molecule has 0 bridgehead atoms. The van der Waals surface area contributed by atoms with E-state index in [-0.39, 0.29) is 0 Å². The first-order chi connectivity index (χ1) is 7.65. The van der Waals surface area contributed by atoms with Gasteiger partial charge in [0.15, 0.2) is 0 Å². The summed E-state index contributed by atoms with van der Waals surface area (Å²) in [6, 6.07) is 0.507. The van der Waals surface area contributed by atoms with Gasteiger partial charge in [-0.15, -0.1) is 22.7 Å². The van der Waals surface area contributed by atoms with Crippen molar-refractivity contribution in [3.63, 3.8) is 0 Å². The molecule has 5 heteroatoms. The van der Waals surface area contributed by atoms with E-state index < -0.39 is 0 Å². The Morgan fingerprint density at radius 2 is 2.25 bits per heavy atom. The van der Waals surface area contributed by atoms with Crippen molar-refractivity contribution in [3.05, 3.63) is 21.5 Å². The summed E-state index contributed by atoms with van der Waals surface area (Å²) in [6.07, 6.45) is 1.93. The maximum atomic E-state index is 4.44. The summed E-state index contributed by atoms with van der Waals surface area (Å²) >= 11 is 3.38. The molecule has 2 heterocycles. The average molecular weight is 253 g/mol. The minimum Gasteiger partial charge on any atom is -0.310 e. The molecular formula is C11H15N3S2. The number of aromatic nitrogens is 2. The van der Waals surface area contributed by atoms with Gasteiger partial charge in [0.2, 0.25) is 0 Å². The van der Waals surface area contributed by atoms with Crippen molar-refractivity contribution >= 4 is 22.7 Å². The van der Waals surface area contributed by atoms with Crippen LogP contribution in [0.25, 0.3) is 10.7 Å². The Morgan fingerprint density at radius 1 is 1.44 bits per heavy atom. The summed E-state index contributed by atoms with van der Waals surface area (Å²) in [4.78, 5) is 10.1. The highest BCUT2D eigenvalue weighted by Gasteiger charge is 2.07. The number of nitrogens with zero attached hydrogens (tertiary/aromatic N) is 2. The molecule has 0 radical (unpaired) electrons. The highest BCUT2D eigenvalue weighted by molar-refractivity contribution is 7.15. The molecule has 0 aliphatic heterocycles. The molecule has 0 aliphatic carbocycles. The van der Waals surface area contributed by atoms with E-state index >= 15 is 0 Å². The monoisotopic (exact) mass is 253 g/mol. The molecule has 16 heavy (non-hydrogen) atoms. The van der Waals surface area contributed by atoms with Crippen molar-refractivity contribution in [1.82, 2.24) is 15.3 Å². The minimum atomic E-state index is 0.507. The number of nitrogens with one attached hydrogen (secondary N) is 1. The van der Waals surface area contributed by atoms with Crippen LogP contribution in [0.5, 0.6) is 0 Å². The van der Waals surface area contributed by atoms with Crippen LogP contribution in [0.15, 0.2) is 11.6 Å². The van der Waals surface area contributed by atoms with E-state index in [0.29, 0.717) is 6.04 Å². The molecule has 2 aromatic rings. The maximum Gasteiger partial charge on any atom is 0.142 e. The summed E-state index contributed by atoms with van der Waals surface area (Å²) < 4.78 is 0. The molecule has 2 aromatic heterocycles. The first kappa shape index (κ1) is 11.7. The first-order valence-electron chi connectivity index (χ1n) is 5.25. The van der Waals surface area contributed by atoms with Gasteiger partial charge >= 0.3 is 0 Å². The van der Waals surface area contributed by atoms with Crippen LogP contribution in [0, 0.1) is 6.92 Å². The molecule has 0 fully saturated rings. The topological polar surface area (TPSA) is 37.8 Å². The molecule has 3 nitrogen and oxygen atoms in total. The van der Waals surface area contributed by atoms with Crippen LogP contribution < -0.4 is 5.32 Å². The van der Waals surface area contributed by atoms with Crippen molar-refractivity contribution in [1.29, 1.82) is 0 Å². The predicted octanol–water partition coefficient (Wildman–Crippen LogP) is 3.07. The highest BCUT2D eigenvalue weighted by Crippen LogP contribution is 2.26. The lowest BCUT2D eigenvalue weighted by atomic mass is 10.4. The zero-order chi connectivity index (χ0) is 11.5. The van der Waals surface area contributed by atoms with Gasteiger partial charge in [0, 0.05) is 29.0 Å². The van der Waals surface area contributed by atoms with Crippen molar-refractivity contribution < 1.29 is 0 Å². The lowest BCUT2D eigenvalue weighted by Crippen LogP contribution is -2.21. The Labute approximate surface area is 104 Å².